The summed E-state index contributed by atoms with van der Waals surface area (Å²) >= 11 is 0. The number of piperidine rings is 1. The minimum absolute atomic E-state index is 0.0421. The van der Waals surface area contributed by atoms with E-state index in [0.717, 1.165) is 18.5 Å². The van der Waals surface area contributed by atoms with Gasteiger partial charge in [0.25, 0.3) is 0 Å². The summed E-state index contributed by atoms with van der Waals surface area (Å²) in [5.74, 6) is -0.449. The van der Waals surface area contributed by atoms with Crippen molar-refractivity contribution in [2.24, 2.45) is 5.92 Å². The van der Waals surface area contributed by atoms with Crippen LogP contribution in [0.25, 0.3) is 0 Å². The molecular formula is C13H19N3O4. The molecule has 1 aromatic rings. The quantitative estimate of drug-likeness (QED) is 0.872. The Labute approximate surface area is 116 Å². The monoisotopic (exact) mass is 281 g/mol. The number of nitrogens with zero attached hydrogens (tertiary/aromatic N) is 2. The predicted octanol–water partition coefficient (Wildman–Crippen LogP) is 1.38. The normalized spacial score (nSPS) is 22.6. The van der Waals surface area contributed by atoms with E-state index in [1.165, 1.54) is 4.90 Å². The molecule has 1 saturated heterocycles. The van der Waals surface area contributed by atoms with Crippen molar-refractivity contribution >= 4 is 12.0 Å². The van der Waals surface area contributed by atoms with Crippen LogP contribution in [0.15, 0.2) is 10.6 Å². The molecule has 2 unspecified atom stereocenters. The van der Waals surface area contributed by atoms with Gasteiger partial charge >= 0.3 is 12.0 Å². The smallest absolute Gasteiger partial charge is 0.326 e. The topological polar surface area (TPSA) is 95.7 Å². The molecule has 0 bridgehead atoms. The van der Waals surface area contributed by atoms with Crippen LogP contribution in [0.5, 0.6) is 0 Å². The molecule has 2 amide bonds. The van der Waals surface area contributed by atoms with Crippen LogP contribution >= 0.6 is 0 Å². The second-order valence-corrected chi connectivity index (χ2v) is 5.19. The number of carboxylic acids is 1. The highest BCUT2D eigenvalue weighted by atomic mass is 16.5. The molecule has 1 fully saturated rings. The maximum atomic E-state index is 12.1. The van der Waals surface area contributed by atoms with E-state index in [4.69, 9.17) is 4.52 Å². The Hall–Kier alpha value is -2.05. The number of urea groups is 1. The molecule has 2 N–H and O–H groups in total. The SMILES string of the molecule is Cc1cc(CNC(=O)N2CCCC(C)C2C(=O)O)on1. The van der Waals surface area contributed by atoms with Gasteiger partial charge in [-0.05, 0) is 25.7 Å². The Balaban J connectivity index is 1.97. The zero-order chi connectivity index (χ0) is 14.7. The highest BCUT2D eigenvalue weighted by Crippen LogP contribution is 2.23. The maximum Gasteiger partial charge on any atom is 0.326 e. The van der Waals surface area contributed by atoms with Crippen molar-refractivity contribution in [2.45, 2.75) is 39.3 Å². The van der Waals surface area contributed by atoms with E-state index >= 15 is 0 Å². The number of carboxylic acid groups (broad SMARTS) is 1. The minimum Gasteiger partial charge on any atom is -0.480 e. The van der Waals surface area contributed by atoms with Gasteiger partial charge in [0, 0.05) is 12.6 Å². The van der Waals surface area contributed by atoms with Crippen LogP contribution in [-0.4, -0.2) is 39.8 Å². The van der Waals surface area contributed by atoms with Crippen molar-refractivity contribution in [1.82, 2.24) is 15.4 Å². The first-order chi connectivity index (χ1) is 9.49. The van der Waals surface area contributed by atoms with Crippen molar-refractivity contribution in [1.29, 1.82) is 0 Å². The Bertz CT molecular complexity index is 500. The first-order valence-electron chi connectivity index (χ1n) is 6.68. The lowest BCUT2D eigenvalue weighted by molar-refractivity contribution is -0.145. The second-order valence-electron chi connectivity index (χ2n) is 5.19. The lowest BCUT2D eigenvalue weighted by Crippen LogP contribution is -2.54. The molecule has 2 heterocycles. The summed E-state index contributed by atoms with van der Waals surface area (Å²) < 4.78 is 5.00. The fourth-order valence-corrected chi connectivity index (χ4v) is 2.56. The van der Waals surface area contributed by atoms with Gasteiger partial charge < -0.3 is 19.8 Å². The first-order valence-corrected chi connectivity index (χ1v) is 6.68. The number of likely N-dealkylation sites (tertiary alicyclic amines) is 1. The summed E-state index contributed by atoms with van der Waals surface area (Å²) in [6.45, 7) is 4.32. The van der Waals surface area contributed by atoms with E-state index < -0.39 is 12.0 Å². The van der Waals surface area contributed by atoms with Crippen LogP contribution in [0, 0.1) is 12.8 Å². The highest BCUT2D eigenvalue weighted by Gasteiger charge is 2.36. The van der Waals surface area contributed by atoms with Crippen molar-refractivity contribution < 1.29 is 19.2 Å². The third kappa shape index (κ3) is 3.09. The highest BCUT2D eigenvalue weighted by molar-refractivity contribution is 5.83. The number of carbonyl (C=O) groups excluding carboxylic acids is 1. The molecule has 0 radical (unpaired) electrons. The average molecular weight is 281 g/mol. The van der Waals surface area contributed by atoms with Gasteiger partial charge in [0.15, 0.2) is 5.76 Å². The maximum absolute atomic E-state index is 12.1. The van der Waals surface area contributed by atoms with Crippen LogP contribution in [0.2, 0.25) is 0 Å². The predicted molar refractivity (Wildman–Crippen MR) is 70.0 cm³/mol. The summed E-state index contributed by atoms with van der Waals surface area (Å²) in [6, 6.07) is 0.589. The molecule has 0 saturated carbocycles. The summed E-state index contributed by atoms with van der Waals surface area (Å²) in [7, 11) is 0. The van der Waals surface area contributed by atoms with Gasteiger partial charge in [-0.2, -0.15) is 0 Å². The summed E-state index contributed by atoms with van der Waals surface area (Å²) in [5, 5.41) is 15.7. The lowest BCUT2D eigenvalue weighted by atomic mass is 9.91. The van der Waals surface area contributed by atoms with Crippen LogP contribution < -0.4 is 5.32 Å². The number of nitrogens with one attached hydrogen (secondary N) is 1. The van der Waals surface area contributed by atoms with E-state index in [9.17, 15) is 14.7 Å². The van der Waals surface area contributed by atoms with E-state index in [1.807, 2.05) is 6.92 Å². The molecule has 7 nitrogen and oxygen atoms in total. The van der Waals surface area contributed by atoms with Gasteiger partial charge in [-0.3, -0.25) is 0 Å². The number of aromatic nitrogens is 1. The molecule has 1 aromatic heterocycles. The average Bonchev–Trinajstić information content (AvgIpc) is 2.81. The van der Waals surface area contributed by atoms with Crippen molar-refractivity contribution in [3.63, 3.8) is 0 Å². The Morgan fingerprint density at radius 1 is 1.60 bits per heavy atom. The number of rotatable bonds is 3. The van der Waals surface area contributed by atoms with Crippen molar-refractivity contribution in [3.8, 4) is 0 Å². The van der Waals surface area contributed by atoms with Crippen LogP contribution in [0.4, 0.5) is 4.79 Å². The van der Waals surface area contributed by atoms with Gasteiger partial charge in [0.2, 0.25) is 0 Å². The number of carbonyl (C=O) groups is 2. The van der Waals surface area contributed by atoms with Crippen molar-refractivity contribution in [3.05, 3.63) is 17.5 Å². The third-order valence-electron chi connectivity index (χ3n) is 3.54. The van der Waals surface area contributed by atoms with Gasteiger partial charge in [0.05, 0.1) is 12.2 Å². The molecule has 2 rings (SSSR count). The minimum atomic E-state index is -0.956. The zero-order valence-corrected chi connectivity index (χ0v) is 11.6. The molecule has 0 aromatic carbocycles. The van der Waals surface area contributed by atoms with Gasteiger partial charge in [-0.25, -0.2) is 9.59 Å². The zero-order valence-electron chi connectivity index (χ0n) is 11.6. The van der Waals surface area contributed by atoms with Gasteiger partial charge in [0.1, 0.15) is 6.04 Å². The van der Waals surface area contributed by atoms with Gasteiger partial charge in [-0.15, -0.1) is 0 Å². The molecule has 7 heteroatoms. The first kappa shape index (κ1) is 14.4. The third-order valence-corrected chi connectivity index (χ3v) is 3.54. The lowest BCUT2D eigenvalue weighted by Gasteiger charge is -2.37. The Morgan fingerprint density at radius 3 is 2.95 bits per heavy atom. The standard InChI is InChI=1S/C13H19N3O4/c1-8-4-3-5-16(11(8)12(17)18)13(19)14-7-10-6-9(2)15-20-10/h6,8,11H,3-5,7H2,1-2H3,(H,14,19)(H,17,18). The number of hydrogen-bond acceptors (Lipinski definition) is 4. The molecule has 20 heavy (non-hydrogen) atoms. The van der Waals surface area contributed by atoms with E-state index in [0.29, 0.717) is 12.3 Å². The molecule has 0 aliphatic carbocycles. The molecule has 2 atom stereocenters. The van der Waals surface area contributed by atoms with E-state index in [-0.39, 0.29) is 18.5 Å². The van der Waals surface area contributed by atoms with E-state index in [1.54, 1.807) is 13.0 Å². The van der Waals surface area contributed by atoms with Crippen LogP contribution in [-0.2, 0) is 11.3 Å². The summed E-state index contributed by atoms with van der Waals surface area (Å²) in [4.78, 5) is 24.8. The number of amides is 2. The molecule has 1 aliphatic heterocycles. The number of aryl methyl sites for hydroxylation is 1. The van der Waals surface area contributed by atoms with Gasteiger partial charge in [-0.1, -0.05) is 12.1 Å². The molecule has 110 valence electrons. The van der Waals surface area contributed by atoms with Crippen molar-refractivity contribution in [2.75, 3.05) is 6.54 Å². The van der Waals surface area contributed by atoms with E-state index in [2.05, 4.69) is 10.5 Å². The molecular weight excluding hydrogens is 262 g/mol. The number of aliphatic carboxylic acids is 1. The van der Waals surface area contributed by atoms with Crippen LogP contribution in [0.1, 0.15) is 31.2 Å². The fourth-order valence-electron chi connectivity index (χ4n) is 2.56. The second kappa shape index (κ2) is 5.94. The largest absolute Gasteiger partial charge is 0.480 e. The summed E-state index contributed by atoms with van der Waals surface area (Å²) in [6.07, 6.45) is 1.64. The van der Waals surface area contributed by atoms with Crippen LogP contribution in [0.3, 0.4) is 0 Å². The fraction of sp³-hybridized carbons (Fsp3) is 0.615. The molecule has 0 spiro atoms. The molecule has 1 aliphatic rings. The summed E-state index contributed by atoms with van der Waals surface area (Å²) in [5.41, 5.74) is 0.740. The Morgan fingerprint density at radius 2 is 2.35 bits per heavy atom. The number of hydrogen-bond donors (Lipinski definition) is 2. The Kier molecular flexibility index (Phi) is 4.26.